The van der Waals surface area contributed by atoms with Gasteiger partial charge in [0, 0.05) is 39.9 Å². The van der Waals surface area contributed by atoms with E-state index in [1.807, 2.05) is 25.9 Å². The summed E-state index contributed by atoms with van der Waals surface area (Å²) in [4.78, 5) is 13.4. The van der Waals surface area contributed by atoms with E-state index in [4.69, 9.17) is 4.74 Å². The van der Waals surface area contributed by atoms with Gasteiger partial charge in [0.15, 0.2) is 5.60 Å². The summed E-state index contributed by atoms with van der Waals surface area (Å²) in [7, 11) is 1.21. The quantitative estimate of drug-likeness (QED) is 0.856. The van der Waals surface area contributed by atoms with E-state index in [0.717, 1.165) is 11.3 Å². The van der Waals surface area contributed by atoms with Crippen molar-refractivity contribution in [3.8, 4) is 0 Å². The number of hydrogen-bond acceptors (Lipinski definition) is 5. The molecular weight excluding hydrogens is 320 g/mol. The van der Waals surface area contributed by atoms with Crippen LogP contribution in [-0.2, 0) is 19.6 Å². The zero-order valence-electron chi connectivity index (χ0n) is 13.7. The summed E-state index contributed by atoms with van der Waals surface area (Å²) < 4.78 is 31.9. The smallest absolute Gasteiger partial charge is 0.337 e. The van der Waals surface area contributed by atoms with Crippen LogP contribution in [-0.4, -0.2) is 63.7 Å². The number of anilines is 1. The first kappa shape index (κ1) is 17.7. The van der Waals surface area contributed by atoms with Gasteiger partial charge in [-0.2, -0.15) is 4.31 Å². The average molecular weight is 342 g/mol. The predicted molar refractivity (Wildman–Crippen MR) is 86.3 cm³/mol. The van der Waals surface area contributed by atoms with Gasteiger partial charge >= 0.3 is 5.97 Å². The third-order valence-corrected chi connectivity index (χ3v) is 6.12. The zero-order chi connectivity index (χ0) is 17.4. The van der Waals surface area contributed by atoms with Crippen molar-refractivity contribution in [2.75, 3.05) is 39.2 Å². The Hall–Kier alpha value is -1.64. The third-order valence-electron chi connectivity index (χ3n) is 4.28. The van der Waals surface area contributed by atoms with Gasteiger partial charge in [0.05, 0.1) is 11.4 Å². The number of ether oxygens (including phenoxy) is 1. The van der Waals surface area contributed by atoms with E-state index in [1.165, 1.54) is 11.4 Å². The molecule has 8 heteroatoms. The maximum Gasteiger partial charge on any atom is 0.337 e. The molecule has 1 fully saturated rings. The van der Waals surface area contributed by atoms with Crippen LogP contribution in [0.1, 0.15) is 12.0 Å². The maximum absolute atomic E-state index is 12.8. The van der Waals surface area contributed by atoms with Gasteiger partial charge in [-0.15, -0.1) is 0 Å². The van der Waals surface area contributed by atoms with Gasteiger partial charge in [-0.1, -0.05) is 6.07 Å². The van der Waals surface area contributed by atoms with Crippen molar-refractivity contribution in [2.24, 2.45) is 0 Å². The third kappa shape index (κ3) is 3.06. The molecule has 0 amide bonds. The second-order valence-corrected chi connectivity index (χ2v) is 7.87. The molecule has 1 heterocycles. The Morgan fingerprint density at radius 1 is 1.39 bits per heavy atom. The van der Waals surface area contributed by atoms with Crippen molar-refractivity contribution in [2.45, 2.75) is 23.8 Å². The van der Waals surface area contributed by atoms with Crippen LogP contribution >= 0.6 is 0 Å². The molecule has 0 saturated carbocycles. The number of carboxylic acid groups (broad SMARTS) is 1. The number of carbonyl (C=O) groups is 1. The van der Waals surface area contributed by atoms with Crippen LogP contribution in [0.2, 0.25) is 0 Å². The van der Waals surface area contributed by atoms with Gasteiger partial charge in [0.25, 0.3) is 0 Å². The lowest BCUT2D eigenvalue weighted by Crippen LogP contribution is -2.44. The number of methoxy groups -OCH3 is 1. The topological polar surface area (TPSA) is 87.1 Å². The normalized spacial score (nSPS) is 22.3. The van der Waals surface area contributed by atoms with Crippen molar-refractivity contribution in [1.82, 2.24) is 4.31 Å². The minimum absolute atomic E-state index is 0.119. The van der Waals surface area contributed by atoms with Gasteiger partial charge in [-0.25, -0.2) is 13.2 Å². The fraction of sp³-hybridized carbons (Fsp3) is 0.533. The van der Waals surface area contributed by atoms with Gasteiger partial charge in [-0.3, -0.25) is 0 Å². The van der Waals surface area contributed by atoms with Crippen LogP contribution in [0.4, 0.5) is 5.69 Å². The van der Waals surface area contributed by atoms with Crippen LogP contribution in [0.3, 0.4) is 0 Å². The van der Waals surface area contributed by atoms with E-state index >= 15 is 0 Å². The number of aliphatic carboxylic acids is 1. The van der Waals surface area contributed by atoms with Gasteiger partial charge < -0.3 is 14.7 Å². The molecule has 128 valence electrons. The molecule has 1 unspecified atom stereocenters. The molecule has 1 aliphatic heterocycles. The second-order valence-electron chi connectivity index (χ2n) is 5.93. The number of hydrogen-bond donors (Lipinski definition) is 1. The maximum atomic E-state index is 12.8. The number of rotatable bonds is 5. The molecule has 1 aromatic rings. The lowest BCUT2D eigenvalue weighted by atomic mass is 10.0. The first-order chi connectivity index (χ1) is 10.6. The van der Waals surface area contributed by atoms with Crippen molar-refractivity contribution in [3.05, 3.63) is 23.8 Å². The average Bonchev–Trinajstić information content (AvgIpc) is 2.93. The van der Waals surface area contributed by atoms with Gasteiger partial charge in [-0.05, 0) is 24.6 Å². The highest BCUT2D eigenvalue weighted by Crippen LogP contribution is 2.31. The predicted octanol–water partition coefficient (Wildman–Crippen LogP) is 0.925. The molecule has 0 aromatic heterocycles. The standard InChI is InChI=1S/C15H22N2O5S/c1-11-5-6-12(9-13(11)16(2)3)23(20,21)17-8-7-15(10-17,22-4)14(18)19/h5-6,9H,7-8,10H2,1-4H3,(H,18,19). The van der Waals surface area contributed by atoms with Crippen molar-refractivity contribution in [3.63, 3.8) is 0 Å². The Bertz CT molecular complexity index is 717. The first-order valence-electron chi connectivity index (χ1n) is 7.21. The fourth-order valence-corrected chi connectivity index (χ4v) is 4.27. The zero-order valence-corrected chi connectivity index (χ0v) is 14.6. The molecule has 23 heavy (non-hydrogen) atoms. The molecular formula is C15H22N2O5S. The van der Waals surface area contributed by atoms with Crippen LogP contribution in [0.25, 0.3) is 0 Å². The minimum Gasteiger partial charge on any atom is -0.479 e. The Labute approximate surface area is 136 Å². The molecule has 1 aliphatic rings. The number of benzene rings is 1. The Kier molecular flexibility index (Phi) is 4.70. The lowest BCUT2D eigenvalue weighted by Gasteiger charge is -2.23. The van der Waals surface area contributed by atoms with E-state index in [9.17, 15) is 18.3 Å². The fourth-order valence-electron chi connectivity index (χ4n) is 2.76. The van der Waals surface area contributed by atoms with Crippen LogP contribution in [0.15, 0.2) is 23.1 Å². The summed E-state index contributed by atoms with van der Waals surface area (Å²) in [5.41, 5.74) is 0.302. The van der Waals surface area contributed by atoms with E-state index in [1.54, 1.807) is 18.2 Å². The summed E-state index contributed by atoms with van der Waals surface area (Å²) in [6.07, 6.45) is 0.129. The summed E-state index contributed by atoms with van der Waals surface area (Å²) >= 11 is 0. The molecule has 1 atom stereocenters. The van der Waals surface area contributed by atoms with E-state index < -0.39 is 21.6 Å². The molecule has 1 N–H and O–H groups in total. The van der Waals surface area contributed by atoms with E-state index in [0.29, 0.717) is 0 Å². The largest absolute Gasteiger partial charge is 0.479 e. The first-order valence-corrected chi connectivity index (χ1v) is 8.65. The monoisotopic (exact) mass is 342 g/mol. The number of aryl methyl sites for hydroxylation is 1. The summed E-state index contributed by atoms with van der Waals surface area (Å²) in [5, 5.41) is 9.32. The Morgan fingerprint density at radius 2 is 2.04 bits per heavy atom. The highest BCUT2D eigenvalue weighted by Gasteiger charge is 2.49. The molecule has 0 bridgehead atoms. The molecule has 0 radical (unpaired) electrons. The summed E-state index contributed by atoms with van der Waals surface area (Å²) in [6.45, 7) is 1.84. The highest BCUT2D eigenvalue weighted by atomic mass is 32.2. The second kappa shape index (κ2) is 6.10. The van der Waals surface area contributed by atoms with Crippen molar-refractivity contribution < 1.29 is 23.1 Å². The highest BCUT2D eigenvalue weighted by molar-refractivity contribution is 7.89. The molecule has 7 nitrogen and oxygen atoms in total. The van der Waals surface area contributed by atoms with E-state index in [2.05, 4.69) is 0 Å². The molecule has 2 rings (SSSR count). The SMILES string of the molecule is COC1(C(=O)O)CCN(S(=O)(=O)c2ccc(C)c(N(C)C)c2)C1. The van der Waals surface area contributed by atoms with E-state index in [-0.39, 0.29) is 24.4 Å². The number of carboxylic acids is 1. The van der Waals surface area contributed by atoms with Gasteiger partial charge in [0.1, 0.15) is 0 Å². The van der Waals surface area contributed by atoms with Crippen LogP contribution in [0, 0.1) is 6.92 Å². The van der Waals surface area contributed by atoms with Crippen molar-refractivity contribution >= 4 is 21.7 Å². The molecule has 1 aromatic carbocycles. The Morgan fingerprint density at radius 3 is 2.52 bits per heavy atom. The minimum atomic E-state index is -3.76. The van der Waals surface area contributed by atoms with Crippen LogP contribution < -0.4 is 4.90 Å². The van der Waals surface area contributed by atoms with Crippen molar-refractivity contribution in [1.29, 1.82) is 0 Å². The summed E-state index contributed by atoms with van der Waals surface area (Å²) in [5.74, 6) is -1.14. The number of nitrogens with zero attached hydrogens (tertiary/aromatic N) is 2. The van der Waals surface area contributed by atoms with Crippen LogP contribution in [0.5, 0.6) is 0 Å². The molecule has 0 spiro atoms. The summed E-state index contributed by atoms with van der Waals surface area (Å²) in [6, 6.07) is 4.91. The molecule has 1 saturated heterocycles. The molecule has 0 aliphatic carbocycles. The van der Waals surface area contributed by atoms with Gasteiger partial charge in [0.2, 0.25) is 10.0 Å². The lowest BCUT2D eigenvalue weighted by molar-refractivity contribution is -0.160. The Balaban J connectivity index is 2.37. The number of sulfonamides is 1.